The molecular formula is C12H15FN2O6. The van der Waals surface area contributed by atoms with Gasteiger partial charge in [0.1, 0.15) is 11.7 Å². The van der Waals surface area contributed by atoms with Crippen LogP contribution in [0.3, 0.4) is 0 Å². The summed E-state index contributed by atoms with van der Waals surface area (Å²) in [5, 5.41) is 22.5. The van der Waals surface area contributed by atoms with Crippen molar-refractivity contribution >= 4 is 17.3 Å². The molecule has 1 atom stereocenters. The highest BCUT2D eigenvalue weighted by atomic mass is 19.1. The van der Waals surface area contributed by atoms with Crippen molar-refractivity contribution in [1.29, 1.82) is 0 Å². The Bertz CT molecular complexity index is 537. The van der Waals surface area contributed by atoms with Crippen LogP contribution in [0.2, 0.25) is 0 Å². The summed E-state index contributed by atoms with van der Waals surface area (Å²) in [6.45, 7) is 0.149. The molecule has 0 fully saturated rings. The van der Waals surface area contributed by atoms with Gasteiger partial charge in [-0.15, -0.1) is 0 Å². The number of nitro benzene ring substituents is 1. The van der Waals surface area contributed by atoms with E-state index in [4.69, 9.17) is 14.6 Å². The summed E-state index contributed by atoms with van der Waals surface area (Å²) >= 11 is 0. The van der Waals surface area contributed by atoms with Gasteiger partial charge < -0.3 is 19.9 Å². The Morgan fingerprint density at radius 1 is 1.52 bits per heavy atom. The lowest BCUT2D eigenvalue weighted by Crippen LogP contribution is -2.30. The maximum Gasteiger partial charge on any atom is 0.326 e. The molecule has 116 valence electrons. The number of ether oxygens (including phenoxy) is 2. The van der Waals surface area contributed by atoms with E-state index in [1.54, 1.807) is 0 Å². The van der Waals surface area contributed by atoms with E-state index in [1.165, 1.54) is 14.2 Å². The molecule has 0 aliphatic heterocycles. The number of methoxy groups -OCH3 is 2. The number of aliphatic carboxylic acids is 1. The molecule has 0 aliphatic carbocycles. The smallest absolute Gasteiger partial charge is 0.326 e. The zero-order chi connectivity index (χ0) is 16.0. The highest BCUT2D eigenvalue weighted by Crippen LogP contribution is 2.32. The topological polar surface area (TPSA) is 111 Å². The maximum atomic E-state index is 13.5. The molecule has 0 radical (unpaired) electrons. The predicted octanol–water partition coefficient (Wildman–Crippen LogP) is 1.64. The first-order valence-electron chi connectivity index (χ1n) is 5.91. The summed E-state index contributed by atoms with van der Waals surface area (Å²) in [5.41, 5.74) is -0.710. The van der Waals surface area contributed by atoms with Crippen molar-refractivity contribution in [2.75, 3.05) is 26.1 Å². The monoisotopic (exact) mass is 302 g/mol. The SMILES string of the molecule is COCCC(Nc1cc(OC)c(F)cc1[N+](=O)[O-])C(=O)O. The van der Waals surface area contributed by atoms with Gasteiger partial charge in [-0.25, -0.2) is 9.18 Å². The minimum atomic E-state index is -1.20. The molecule has 21 heavy (non-hydrogen) atoms. The number of nitro groups is 1. The van der Waals surface area contributed by atoms with Gasteiger partial charge in [0.15, 0.2) is 11.6 Å². The Morgan fingerprint density at radius 3 is 2.67 bits per heavy atom. The van der Waals surface area contributed by atoms with Gasteiger partial charge in [0.05, 0.1) is 18.1 Å². The zero-order valence-corrected chi connectivity index (χ0v) is 11.5. The second kappa shape index (κ2) is 7.39. The minimum absolute atomic E-state index is 0.0860. The van der Waals surface area contributed by atoms with Gasteiger partial charge in [-0.3, -0.25) is 10.1 Å². The van der Waals surface area contributed by atoms with Crippen LogP contribution in [0.15, 0.2) is 12.1 Å². The molecule has 0 saturated heterocycles. The van der Waals surface area contributed by atoms with Crippen molar-refractivity contribution in [3.05, 3.63) is 28.1 Å². The maximum absolute atomic E-state index is 13.5. The van der Waals surface area contributed by atoms with Crippen LogP contribution in [0, 0.1) is 15.9 Å². The Hall–Kier alpha value is -2.42. The summed E-state index contributed by atoms with van der Waals surface area (Å²) in [4.78, 5) is 21.2. The number of benzene rings is 1. The van der Waals surface area contributed by atoms with Crippen LogP contribution in [0.25, 0.3) is 0 Å². The van der Waals surface area contributed by atoms with E-state index in [9.17, 15) is 19.3 Å². The average Bonchev–Trinajstić information content (AvgIpc) is 2.43. The van der Waals surface area contributed by atoms with E-state index < -0.39 is 28.4 Å². The average molecular weight is 302 g/mol. The molecular weight excluding hydrogens is 287 g/mol. The number of nitrogens with zero attached hydrogens (tertiary/aromatic N) is 1. The fourth-order valence-electron chi connectivity index (χ4n) is 1.65. The number of carbonyl (C=O) groups is 1. The lowest BCUT2D eigenvalue weighted by molar-refractivity contribution is -0.384. The number of carboxylic acids is 1. The molecule has 0 aromatic heterocycles. The van der Waals surface area contributed by atoms with Crippen molar-refractivity contribution < 1.29 is 28.7 Å². The summed E-state index contributed by atoms with van der Waals surface area (Å²) < 4.78 is 23.0. The second-order valence-electron chi connectivity index (χ2n) is 4.08. The first-order valence-corrected chi connectivity index (χ1v) is 5.91. The summed E-state index contributed by atoms with van der Waals surface area (Å²) in [7, 11) is 2.61. The predicted molar refractivity (Wildman–Crippen MR) is 71.1 cm³/mol. The van der Waals surface area contributed by atoms with Crippen LogP contribution in [-0.2, 0) is 9.53 Å². The third-order valence-electron chi connectivity index (χ3n) is 2.71. The van der Waals surface area contributed by atoms with Crippen molar-refractivity contribution in [3.8, 4) is 5.75 Å². The standard InChI is InChI=1S/C12H15FN2O6/c1-20-4-3-8(12(16)17)14-9-6-11(21-2)7(13)5-10(9)15(18)19/h5-6,8,14H,3-4H2,1-2H3,(H,16,17). The van der Waals surface area contributed by atoms with E-state index in [2.05, 4.69) is 5.32 Å². The third kappa shape index (κ3) is 4.28. The van der Waals surface area contributed by atoms with Crippen LogP contribution in [0.4, 0.5) is 15.8 Å². The summed E-state index contributed by atoms with van der Waals surface area (Å²) in [5.74, 6) is -2.33. The lowest BCUT2D eigenvalue weighted by Gasteiger charge is -2.16. The van der Waals surface area contributed by atoms with Crippen LogP contribution in [0.5, 0.6) is 5.75 Å². The summed E-state index contributed by atoms with van der Waals surface area (Å²) in [6, 6.07) is 0.617. The van der Waals surface area contributed by atoms with Gasteiger partial charge in [0.25, 0.3) is 5.69 Å². The summed E-state index contributed by atoms with van der Waals surface area (Å²) in [6.07, 6.45) is 0.0860. The molecule has 9 heteroatoms. The Morgan fingerprint density at radius 2 is 2.19 bits per heavy atom. The van der Waals surface area contributed by atoms with Crippen molar-refractivity contribution in [1.82, 2.24) is 0 Å². The molecule has 0 amide bonds. The fourth-order valence-corrected chi connectivity index (χ4v) is 1.65. The zero-order valence-electron chi connectivity index (χ0n) is 11.5. The number of hydrogen-bond donors (Lipinski definition) is 2. The Labute approximate surface area is 119 Å². The molecule has 0 bridgehead atoms. The number of rotatable bonds is 8. The lowest BCUT2D eigenvalue weighted by atomic mass is 10.1. The first kappa shape index (κ1) is 16.6. The van der Waals surface area contributed by atoms with Gasteiger partial charge in [-0.05, 0) is 0 Å². The quantitative estimate of drug-likeness (QED) is 0.554. The highest BCUT2D eigenvalue weighted by molar-refractivity contribution is 5.79. The highest BCUT2D eigenvalue weighted by Gasteiger charge is 2.24. The Kier molecular flexibility index (Phi) is 5.85. The van der Waals surface area contributed by atoms with Crippen LogP contribution in [-0.4, -0.2) is 42.9 Å². The number of halogens is 1. The molecule has 0 aliphatic rings. The third-order valence-corrected chi connectivity index (χ3v) is 2.71. The number of hydrogen-bond acceptors (Lipinski definition) is 6. The molecule has 1 rings (SSSR count). The fraction of sp³-hybridized carbons (Fsp3) is 0.417. The Balaban J connectivity index is 3.13. The van der Waals surface area contributed by atoms with Gasteiger partial charge in [-0.2, -0.15) is 0 Å². The number of anilines is 1. The van der Waals surface area contributed by atoms with Gasteiger partial charge in [0, 0.05) is 26.2 Å². The molecule has 1 aromatic carbocycles. The van der Waals surface area contributed by atoms with Crippen LogP contribution in [0.1, 0.15) is 6.42 Å². The largest absolute Gasteiger partial charge is 0.494 e. The molecule has 0 spiro atoms. The van der Waals surface area contributed by atoms with Gasteiger partial charge in [-0.1, -0.05) is 0 Å². The molecule has 8 nitrogen and oxygen atoms in total. The van der Waals surface area contributed by atoms with Crippen molar-refractivity contribution in [3.63, 3.8) is 0 Å². The van der Waals surface area contributed by atoms with Crippen LogP contribution < -0.4 is 10.1 Å². The van der Waals surface area contributed by atoms with E-state index in [1.807, 2.05) is 0 Å². The van der Waals surface area contributed by atoms with Crippen LogP contribution >= 0.6 is 0 Å². The van der Waals surface area contributed by atoms with Crippen molar-refractivity contribution in [2.45, 2.75) is 12.5 Å². The molecule has 2 N–H and O–H groups in total. The minimum Gasteiger partial charge on any atom is -0.494 e. The number of nitrogens with one attached hydrogen (secondary N) is 1. The second-order valence-corrected chi connectivity index (χ2v) is 4.08. The van der Waals surface area contributed by atoms with E-state index in [0.29, 0.717) is 6.07 Å². The molecule has 0 saturated carbocycles. The van der Waals surface area contributed by atoms with E-state index >= 15 is 0 Å². The van der Waals surface area contributed by atoms with E-state index in [-0.39, 0.29) is 24.5 Å². The molecule has 0 heterocycles. The van der Waals surface area contributed by atoms with Gasteiger partial charge >= 0.3 is 5.97 Å². The number of carboxylic acid groups (broad SMARTS) is 1. The molecule has 1 unspecified atom stereocenters. The van der Waals surface area contributed by atoms with Gasteiger partial charge in [0.2, 0.25) is 0 Å². The van der Waals surface area contributed by atoms with Crippen molar-refractivity contribution in [2.24, 2.45) is 0 Å². The first-order chi connectivity index (χ1) is 9.90. The van der Waals surface area contributed by atoms with E-state index in [0.717, 1.165) is 6.07 Å². The normalized spacial score (nSPS) is 11.8. The molecule has 1 aromatic rings.